The van der Waals surface area contributed by atoms with Crippen LogP contribution in [-0.4, -0.2) is 55.0 Å². The van der Waals surface area contributed by atoms with Gasteiger partial charge in [0.1, 0.15) is 13.1 Å². The number of aromatic nitrogens is 1. The first-order chi connectivity index (χ1) is 8.99. The molecular weight excluding hydrogens is 256 g/mol. The van der Waals surface area contributed by atoms with Crippen LogP contribution < -0.4 is 0 Å². The summed E-state index contributed by atoms with van der Waals surface area (Å²) >= 11 is 0. The highest BCUT2D eigenvalue weighted by atomic mass is 16.5. The molecule has 0 radical (unpaired) electrons. The second-order valence-electron chi connectivity index (χ2n) is 3.58. The number of methoxy groups -OCH3 is 2. The number of oxazole rings is 1. The van der Waals surface area contributed by atoms with Gasteiger partial charge in [-0.05, 0) is 6.92 Å². The summed E-state index contributed by atoms with van der Waals surface area (Å²) < 4.78 is 13.9. The minimum Gasteiger partial charge on any atom is -0.468 e. The molecule has 0 spiro atoms. The molecule has 0 unspecified atom stereocenters. The highest BCUT2D eigenvalue weighted by molar-refractivity contribution is 5.96. The van der Waals surface area contributed by atoms with Crippen LogP contribution in [0.15, 0.2) is 10.8 Å². The van der Waals surface area contributed by atoms with Gasteiger partial charge in [-0.3, -0.25) is 14.4 Å². The molecule has 1 heterocycles. The number of carbonyl (C=O) groups excluding carboxylic acids is 3. The molecule has 0 aliphatic rings. The van der Waals surface area contributed by atoms with Crippen LogP contribution in [0.25, 0.3) is 0 Å². The third-order valence-corrected chi connectivity index (χ3v) is 2.32. The summed E-state index contributed by atoms with van der Waals surface area (Å²) in [6, 6.07) is 0. The fourth-order valence-corrected chi connectivity index (χ4v) is 1.29. The van der Waals surface area contributed by atoms with Crippen molar-refractivity contribution in [3.8, 4) is 0 Å². The molecular formula is C11H14N2O6. The molecule has 0 saturated carbocycles. The monoisotopic (exact) mass is 270 g/mol. The Morgan fingerprint density at radius 1 is 1.21 bits per heavy atom. The van der Waals surface area contributed by atoms with Crippen molar-refractivity contribution in [1.82, 2.24) is 9.88 Å². The average molecular weight is 270 g/mol. The SMILES string of the molecule is COC(=O)CN(CC(=O)OC)C(=O)c1ocnc1C. The Morgan fingerprint density at radius 2 is 1.74 bits per heavy atom. The van der Waals surface area contributed by atoms with Crippen LogP contribution in [0.3, 0.4) is 0 Å². The number of hydrogen-bond acceptors (Lipinski definition) is 7. The number of rotatable bonds is 5. The van der Waals surface area contributed by atoms with Gasteiger partial charge in [0.15, 0.2) is 6.39 Å². The molecule has 0 bridgehead atoms. The maximum Gasteiger partial charge on any atom is 0.325 e. The third-order valence-electron chi connectivity index (χ3n) is 2.32. The predicted octanol–water partition coefficient (Wildman–Crippen LogP) is -0.229. The van der Waals surface area contributed by atoms with Crippen LogP contribution in [0.1, 0.15) is 16.2 Å². The predicted molar refractivity (Wildman–Crippen MR) is 61.2 cm³/mol. The van der Waals surface area contributed by atoms with Gasteiger partial charge in [0.2, 0.25) is 5.76 Å². The van der Waals surface area contributed by atoms with E-state index in [1.54, 1.807) is 6.92 Å². The number of nitrogens with zero attached hydrogens (tertiary/aromatic N) is 2. The van der Waals surface area contributed by atoms with Gasteiger partial charge in [0.25, 0.3) is 5.91 Å². The normalized spacial score (nSPS) is 9.84. The van der Waals surface area contributed by atoms with Gasteiger partial charge in [0, 0.05) is 0 Å². The van der Waals surface area contributed by atoms with Gasteiger partial charge in [-0.1, -0.05) is 0 Å². The summed E-state index contributed by atoms with van der Waals surface area (Å²) in [6.45, 7) is 0.806. The fourth-order valence-electron chi connectivity index (χ4n) is 1.29. The van der Waals surface area contributed by atoms with E-state index in [1.165, 1.54) is 14.2 Å². The first-order valence-corrected chi connectivity index (χ1v) is 5.32. The zero-order valence-corrected chi connectivity index (χ0v) is 10.8. The molecule has 0 fully saturated rings. The molecule has 0 atom stereocenters. The number of aryl methyl sites for hydroxylation is 1. The van der Waals surface area contributed by atoms with Crippen LogP contribution in [0.5, 0.6) is 0 Å². The largest absolute Gasteiger partial charge is 0.468 e. The molecule has 8 nitrogen and oxygen atoms in total. The lowest BCUT2D eigenvalue weighted by molar-refractivity contribution is -0.144. The van der Waals surface area contributed by atoms with Crippen LogP contribution in [-0.2, 0) is 19.1 Å². The zero-order valence-electron chi connectivity index (χ0n) is 10.8. The molecule has 19 heavy (non-hydrogen) atoms. The zero-order chi connectivity index (χ0) is 14.4. The summed E-state index contributed by atoms with van der Waals surface area (Å²) in [5, 5.41) is 0. The van der Waals surface area contributed by atoms with Gasteiger partial charge < -0.3 is 18.8 Å². The third kappa shape index (κ3) is 3.80. The first-order valence-electron chi connectivity index (χ1n) is 5.32. The second kappa shape index (κ2) is 6.53. The highest BCUT2D eigenvalue weighted by Gasteiger charge is 2.26. The number of hydrogen-bond donors (Lipinski definition) is 0. The van der Waals surface area contributed by atoms with E-state index in [0.29, 0.717) is 5.69 Å². The molecule has 1 rings (SSSR count). The molecule has 0 saturated heterocycles. The molecule has 0 aliphatic carbocycles. The molecule has 8 heteroatoms. The van der Waals surface area contributed by atoms with Crippen molar-refractivity contribution < 1.29 is 28.3 Å². The van der Waals surface area contributed by atoms with Crippen molar-refractivity contribution in [3.05, 3.63) is 17.8 Å². The topological polar surface area (TPSA) is 98.9 Å². The maximum atomic E-state index is 12.1. The summed E-state index contributed by atoms with van der Waals surface area (Å²) in [4.78, 5) is 39.3. The van der Waals surface area contributed by atoms with Gasteiger partial charge in [-0.15, -0.1) is 0 Å². The van der Waals surface area contributed by atoms with Crippen LogP contribution in [0.2, 0.25) is 0 Å². The van der Waals surface area contributed by atoms with Crippen molar-refractivity contribution in [2.75, 3.05) is 27.3 Å². The van der Waals surface area contributed by atoms with Crippen molar-refractivity contribution in [1.29, 1.82) is 0 Å². The Kier molecular flexibility index (Phi) is 5.04. The van der Waals surface area contributed by atoms with E-state index in [1.807, 2.05) is 0 Å². The molecule has 104 valence electrons. The van der Waals surface area contributed by atoms with Gasteiger partial charge in [0.05, 0.1) is 19.9 Å². The number of ether oxygens (including phenoxy) is 2. The Bertz CT molecular complexity index is 463. The van der Waals surface area contributed by atoms with Crippen molar-refractivity contribution in [2.24, 2.45) is 0 Å². The first kappa shape index (κ1) is 14.7. The lowest BCUT2D eigenvalue weighted by atomic mass is 10.3. The van der Waals surface area contributed by atoms with Crippen LogP contribution in [0.4, 0.5) is 0 Å². The lowest BCUT2D eigenvalue weighted by Crippen LogP contribution is -2.40. The lowest BCUT2D eigenvalue weighted by Gasteiger charge is -2.18. The van der Waals surface area contributed by atoms with E-state index in [4.69, 9.17) is 4.42 Å². The number of carbonyl (C=O) groups is 3. The van der Waals surface area contributed by atoms with E-state index in [-0.39, 0.29) is 18.8 Å². The van der Waals surface area contributed by atoms with Crippen LogP contribution in [0, 0.1) is 6.92 Å². The fraction of sp³-hybridized carbons (Fsp3) is 0.455. The molecule has 1 amide bonds. The van der Waals surface area contributed by atoms with E-state index >= 15 is 0 Å². The summed E-state index contributed by atoms with van der Waals surface area (Å²) in [5.74, 6) is -1.98. The van der Waals surface area contributed by atoms with Gasteiger partial charge in [-0.2, -0.15) is 0 Å². The standard InChI is InChI=1S/C11H14N2O6/c1-7-10(19-6-12-7)11(16)13(4-8(14)17-2)5-9(15)18-3/h6H,4-5H2,1-3H3. The number of esters is 2. The van der Waals surface area contributed by atoms with E-state index < -0.39 is 17.8 Å². The molecule has 1 aromatic rings. The Hall–Kier alpha value is -2.38. The van der Waals surface area contributed by atoms with Gasteiger partial charge in [-0.25, -0.2) is 4.98 Å². The minimum absolute atomic E-state index is 0.0344. The van der Waals surface area contributed by atoms with Crippen molar-refractivity contribution in [2.45, 2.75) is 6.92 Å². The summed E-state index contributed by atoms with van der Waals surface area (Å²) in [5.41, 5.74) is 0.365. The highest BCUT2D eigenvalue weighted by Crippen LogP contribution is 2.09. The van der Waals surface area contributed by atoms with Gasteiger partial charge >= 0.3 is 11.9 Å². The molecule has 0 aromatic carbocycles. The van der Waals surface area contributed by atoms with E-state index in [0.717, 1.165) is 11.3 Å². The number of amides is 1. The summed E-state index contributed by atoms with van der Waals surface area (Å²) in [7, 11) is 2.37. The Balaban J connectivity index is 2.89. The Morgan fingerprint density at radius 3 is 2.11 bits per heavy atom. The second-order valence-corrected chi connectivity index (χ2v) is 3.58. The average Bonchev–Trinajstić information content (AvgIpc) is 2.82. The van der Waals surface area contributed by atoms with Crippen LogP contribution >= 0.6 is 0 Å². The quantitative estimate of drug-likeness (QED) is 0.681. The van der Waals surface area contributed by atoms with Crippen molar-refractivity contribution >= 4 is 17.8 Å². The Labute approximate surface area is 109 Å². The van der Waals surface area contributed by atoms with E-state index in [2.05, 4.69) is 14.5 Å². The maximum absolute atomic E-state index is 12.1. The smallest absolute Gasteiger partial charge is 0.325 e. The molecule has 0 N–H and O–H groups in total. The van der Waals surface area contributed by atoms with E-state index in [9.17, 15) is 14.4 Å². The minimum atomic E-state index is -0.658. The van der Waals surface area contributed by atoms with Crippen molar-refractivity contribution in [3.63, 3.8) is 0 Å². The molecule has 0 aliphatic heterocycles. The molecule has 1 aromatic heterocycles. The summed E-state index contributed by atoms with van der Waals surface area (Å²) in [6.07, 6.45) is 1.11.